The van der Waals surface area contributed by atoms with Crippen LogP contribution in [-0.4, -0.2) is 25.2 Å². The highest BCUT2D eigenvalue weighted by molar-refractivity contribution is 6.32. The summed E-state index contributed by atoms with van der Waals surface area (Å²) in [4.78, 5) is 12.0. The molecule has 2 aromatic rings. The number of halogens is 2. The zero-order valence-electron chi connectivity index (χ0n) is 17.5. The van der Waals surface area contributed by atoms with Crippen LogP contribution in [0.4, 0.5) is 0 Å². The minimum atomic E-state index is -0.320. The number of hydrogen-bond donors (Lipinski definition) is 2. The number of ether oxygens (including phenoxy) is 2. The summed E-state index contributed by atoms with van der Waals surface area (Å²) in [7, 11) is 1.55. The Morgan fingerprint density at radius 1 is 1.17 bits per heavy atom. The first-order valence-electron chi connectivity index (χ1n) is 9.28. The molecule has 1 amide bonds. The summed E-state index contributed by atoms with van der Waals surface area (Å²) in [5.41, 5.74) is 1.86. The Hall–Kier alpha value is -1.95. The van der Waals surface area contributed by atoms with Gasteiger partial charge in [-0.1, -0.05) is 41.9 Å². The molecule has 2 N–H and O–H groups in total. The Morgan fingerprint density at radius 2 is 1.83 bits per heavy atom. The molecule has 0 heterocycles. The number of carbonyl (C=O) groups excluding carboxylic acids is 1. The predicted octanol–water partition coefficient (Wildman–Crippen LogP) is 4.91. The van der Waals surface area contributed by atoms with Crippen LogP contribution in [0.15, 0.2) is 42.5 Å². The van der Waals surface area contributed by atoms with Crippen LogP contribution in [0.25, 0.3) is 0 Å². The summed E-state index contributed by atoms with van der Waals surface area (Å²) in [6, 6.07) is 14.1. The second-order valence-corrected chi connectivity index (χ2v) is 8.12. The van der Waals surface area contributed by atoms with E-state index in [1.807, 2.05) is 51.1 Å². The summed E-state index contributed by atoms with van der Waals surface area (Å²) in [6.45, 7) is 8.34. The maximum Gasteiger partial charge on any atom is 0.258 e. The molecule has 0 bridgehead atoms. The molecule has 0 aliphatic rings. The molecule has 0 radical (unpaired) electrons. The van der Waals surface area contributed by atoms with Crippen molar-refractivity contribution in [2.75, 3.05) is 13.7 Å². The van der Waals surface area contributed by atoms with Gasteiger partial charge in [-0.2, -0.15) is 0 Å². The minimum Gasteiger partial charge on any atom is -0.493 e. The van der Waals surface area contributed by atoms with Crippen molar-refractivity contribution in [1.82, 2.24) is 10.6 Å². The molecule has 2 rings (SSSR count). The van der Waals surface area contributed by atoms with E-state index in [1.165, 1.54) is 5.56 Å². The normalized spacial score (nSPS) is 11.9. The average Bonchev–Trinajstić information content (AvgIpc) is 2.64. The van der Waals surface area contributed by atoms with E-state index < -0.39 is 0 Å². The molecule has 29 heavy (non-hydrogen) atoms. The van der Waals surface area contributed by atoms with Crippen molar-refractivity contribution in [1.29, 1.82) is 0 Å². The predicted molar refractivity (Wildman–Crippen MR) is 120 cm³/mol. The van der Waals surface area contributed by atoms with Gasteiger partial charge >= 0.3 is 0 Å². The fourth-order valence-electron chi connectivity index (χ4n) is 2.74. The van der Waals surface area contributed by atoms with Gasteiger partial charge < -0.3 is 20.1 Å². The number of methoxy groups -OCH3 is 1. The number of carbonyl (C=O) groups is 1. The highest BCUT2D eigenvalue weighted by atomic mass is 35.5. The molecule has 0 fully saturated rings. The van der Waals surface area contributed by atoms with Crippen molar-refractivity contribution < 1.29 is 14.3 Å². The van der Waals surface area contributed by atoms with Crippen LogP contribution >= 0.6 is 24.0 Å². The summed E-state index contributed by atoms with van der Waals surface area (Å²) in [6.07, 6.45) is 0. The maximum absolute atomic E-state index is 12.0. The third-order valence-electron chi connectivity index (χ3n) is 4.06. The van der Waals surface area contributed by atoms with Crippen molar-refractivity contribution in [3.63, 3.8) is 0 Å². The Balaban J connectivity index is 0.00000420. The van der Waals surface area contributed by atoms with Crippen molar-refractivity contribution in [2.24, 2.45) is 0 Å². The second kappa shape index (κ2) is 11.3. The van der Waals surface area contributed by atoms with E-state index in [1.54, 1.807) is 7.11 Å². The molecule has 160 valence electrons. The van der Waals surface area contributed by atoms with Crippen LogP contribution in [0.5, 0.6) is 11.5 Å². The SMILES string of the molecule is COc1cc(CNC(C)c2ccccc2)cc(Cl)c1OCC(=O)NC(C)(C)C.Cl. The van der Waals surface area contributed by atoms with Crippen LogP contribution in [0.3, 0.4) is 0 Å². The topological polar surface area (TPSA) is 59.6 Å². The second-order valence-electron chi connectivity index (χ2n) is 7.71. The minimum absolute atomic E-state index is 0. The monoisotopic (exact) mass is 440 g/mol. The molecule has 0 aliphatic heterocycles. The number of benzene rings is 2. The van der Waals surface area contributed by atoms with Gasteiger partial charge in [0.15, 0.2) is 18.1 Å². The third-order valence-corrected chi connectivity index (χ3v) is 4.34. The van der Waals surface area contributed by atoms with E-state index in [4.69, 9.17) is 21.1 Å². The molecular formula is C22H30Cl2N2O3. The first-order chi connectivity index (χ1) is 13.2. The highest BCUT2D eigenvalue weighted by Gasteiger charge is 2.17. The molecule has 1 unspecified atom stereocenters. The Morgan fingerprint density at radius 3 is 2.41 bits per heavy atom. The molecule has 1 atom stereocenters. The van der Waals surface area contributed by atoms with E-state index in [0.717, 1.165) is 5.56 Å². The molecular weight excluding hydrogens is 411 g/mol. The first-order valence-corrected chi connectivity index (χ1v) is 9.66. The molecule has 5 nitrogen and oxygen atoms in total. The van der Waals surface area contributed by atoms with Crippen LogP contribution in [0.2, 0.25) is 5.02 Å². The highest BCUT2D eigenvalue weighted by Crippen LogP contribution is 2.36. The first kappa shape index (κ1) is 25.1. The molecule has 0 saturated heterocycles. The molecule has 7 heteroatoms. The van der Waals surface area contributed by atoms with Gasteiger partial charge in [0.1, 0.15) is 0 Å². The lowest BCUT2D eigenvalue weighted by atomic mass is 10.1. The van der Waals surface area contributed by atoms with Crippen LogP contribution in [0, 0.1) is 0 Å². The largest absolute Gasteiger partial charge is 0.493 e. The summed E-state index contributed by atoms with van der Waals surface area (Å²) in [5.74, 6) is 0.654. The zero-order chi connectivity index (χ0) is 20.7. The van der Waals surface area contributed by atoms with Crippen LogP contribution < -0.4 is 20.1 Å². The Bertz CT molecular complexity index is 793. The molecule has 0 saturated carbocycles. The van der Waals surface area contributed by atoms with E-state index in [0.29, 0.717) is 23.1 Å². The Kier molecular flexibility index (Phi) is 9.77. The third kappa shape index (κ3) is 8.13. The fourth-order valence-corrected chi connectivity index (χ4v) is 3.03. The summed E-state index contributed by atoms with van der Waals surface area (Å²) < 4.78 is 11.0. The van der Waals surface area contributed by atoms with Crippen LogP contribution in [-0.2, 0) is 11.3 Å². The number of hydrogen-bond acceptors (Lipinski definition) is 4. The van der Waals surface area contributed by atoms with Crippen molar-refractivity contribution in [3.05, 3.63) is 58.6 Å². The average molecular weight is 441 g/mol. The van der Waals surface area contributed by atoms with E-state index in [2.05, 4.69) is 29.7 Å². The summed E-state index contributed by atoms with van der Waals surface area (Å²) in [5, 5.41) is 6.73. The van der Waals surface area contributed by atoms with Gasteiger partial charge in [0.2, 0.25) is 0 Å². The van der Waals surface area contributed by atoms with Crippen molar-refractivity contribution in [3.8, 4) is 11.5 Å². The van der Waals surface area contributed by atoms with Gasteiger partial charge in [0.25, 0.3) is 5.91 Å². The molecule has 0 aromatic heterocycles. The number of amides is 1. The quantitative estimate of drug-likeness (QED) is 0.611. The van der Waals surface area contributed by atoms with E-state index in [-0.39, 0.29) is 36.5 Å². The van der Waals surface area contributed by atoms with Gasteiger partial charge in [0, 0.05) is 18.1 Å². The molecule has 0 aliphatic carbocycles. The van der Waals surface area contributed by atoms with Crippen LogP contribution in [0.1, 0.15) is 44.9 Å². The number of nitrogens with one attached hydrogen (secondary N) is 2. The lowest BCUT2D eigenvalue weighted by Crippen LogP contribution is -2.43. The maximum atomic E-state index is 12.0. The van der Waals surface area contributed by atoms with Gasteiger partial charge in [-0.25, -0.2) is 0 Å². The van der Waals surface area contributed by atoms with Gasteiger partial charge in [-0.3, -0.25) is 4.79 Å². The number of rotatable bonds is 8. The van der Waals surface area contributed by atoms with Gasteiger partial charge in [-0.05, 0) is 51.0 Å². The molecule has 2 aromatic carbocycles. The van der Waals surface area contributed by atoms with Gasteiger partial charge in [-0.15, -0.1) is 12.4 Å². The smallest absolute Gasteiger partial charge is 0.258 e. The summed E-state index contributed by atoms with van der Waals surface area (Å²) >= 11 is 6.40. The standard InChI is InChI=1S/C22H29ClN2O3.ClH/c1-15(17-9-7-6-8-10-17)24-13-16-11-18(23)21(19(12-16)27-5)28-14-20(26)25-22(2,3)4;/h6-12,15,24H,13-14H2,1-5H3,(H,25,26);1H. The van der Waals surface area contributed by atoms with Gasteiger partial charge in [0.05, 0.1) is 12.1 Å². The lowest BCUT2D eigenvalue weighted by molar-refractivity contribution is -0.124. The zero-order valence-corrected chi connectivity index (χ0v) is 19.1. The molecule has 0 spiro atoms. The van der Waals surface area contributed by atoms with Crippen molar-refractivity contribution in [2.45, 2.75) is 45.8 Å². The van der Waals surface area contributed by atoms with E-state index >= 15 is 0 Å². The Labute approximate surface area is 184 Å². The fraction of sp³-hybridized carbons (Fsp3) is 0.409. The van der Waals surface area contributed by atoms with Crippen molar-refractivity contribution >= 4 is 29.9 Å². The lowest BCUT2D eigenvalue weighted by Gasteiger charge is -2.21. The van der Waals surface area contributed by atoms with E-state index in [9.17, 15) is 4.79 Å².